The van der Waals surface area contributed by atoms with Gasteiger partial charge < -0.3 is 0 Å². The normalized spacial score (nSPS) is 11.5. The number of hydrogen-bond donors (Lipinski definition) is 1. The lowest BCUT2D eigenvalue weighted by Crippen LogP contribution is -2.10. The minimum absolute atomic E-state index is 0.877. The largest absolute Gasteiger partial charge is 0.395 e. The van der Waals surface area contributed by atoms with E-state index >= 15 is 0 Å². The third-order valence-corrected chi connectivity index (χ3v) is 0.489. The van der Waals surface area contributed by atoms with Crippen molar-refractivity contribution in [3.63, 3.8) is 0 Å². The van der Waals surface area contributed by atoms with Crippen molar-refractivity contribution in [1.82, 2.24) is 0 Å². The predicted octanol–water partition coefficient (Wildman–Crippen LogP) is 2.15. The first-order valence-electron chi connectivity index (χ1n) is 1.71. The Hall–Kier alpha value is -0.250. The van der Waals surface area contributed by atoms with Crippen molar-refractivity contribution in [1.29, 1.82) is 5.41 Å². The Kier molecular flexibility index (Phi) is 2.27. The lowest BCUT2D eigenvalue weighted by Gasteiger charge is -2.00. The summed E-state index contributed by atoms with van der Waals surface area (Å²) in [6, 6.07) is 0. The van der Waals surface area contributed by atoms with Gasteiger partial charge in [0.1, 0.15) is 5.17 Å². The van der Waals surface area contributed by atoms with E-state index in [1.165, 1.54) is 0 Å². The molecule has 8 heavy (non-hydrogen) atoms. The van der Waals surface area contributed by atoms with Gasteiger partial charge in [-0.2, -0.15) is 13.2 Å². The fourth-order valence-electron chi connectivity index (χ4n) is 0.176. The highest BCUT2D eigenvalue weighted by atomic mass is 35.5. The van der Waals surface area contributed by atoms with Crippen molar-refractivity contribution in [2.24, 2.45) is 0 Å². The van der Waals surface area contributed by atoms with Crippen LogP contribution in [0.3, 0.4) is 0 Å². The summed E-state index contributed by atoms with van der Waals surface area (Å²) in [4.78, 5) is 0. The molecule has 5 heteroatoms. The van der Waals surface area contributed by atoms with E-state index in [4.69, 9.17) is 5.41 Å². The molecule has 0 aliphatic carbocycles. The average molecular weight is 146 g/mol. The van der Waals surface area contributed by atoms with Crippen molar-refractivity contribution in [3.8, 4) is 0 Å². The summed E-state index contributed by atoms with van der Waals surface area (Å²) in [7, 11) is 0. The zero-order valence-corrected chi connectivity index (χ0v) is 4.47. The van der Waals surface area contributed by atoms with Crippen molar-refractivity contribution in [3.05, 3.63) is 0 Å². The van der Waals surface area contributed by atoms with Crippen LogP contribution in [0.25, 0.3) is 0 Å². The molecule has 0 radical (unpaired) electrons. The second kappa shape index (κ2) is 2.35. The summed E-state index contributed by atoms with van der Waals surface area (Å²) in [5, 5.41) is 5.32. The zero-order chi connectivity index (χ0) is 6.78. The van der Waals surface area contributed by atoms with Crippen LogP contribution in [0.4, 0.5) is 13.2 Å². The summed E-state index contributed by atoms with van der Waals surface area (Å²) in [6.07, 6.45) is -5.66. The highest BCUT2D eigenvalue weighted by Gasteiger charge is 2.28. The van der Waals surface area contributed by atoms with Crippen LogP contribution in [0.2, 0.25) is 0 Å². The van der Waals surface area contributed by atoms with Crippen molar-refractivity contribution < 1.29 is 13.2 Å². The van der Waals surface area contributed by atoms with E-state index < -0.39 is 17.8 Å². The Labute approximate surface area is 49.0 Å². The van der Waals surface area contributed by atoms with Crippen LogP contribution in [0.5, 0.6) is 0 Å². The molecule has 0 spiro atoms. The molecule has 0 bridgehead atoms. The Morgan fingerprint density at radius 1 is 1.50 bits per heavy atom. The van der Waals surface area contributed by atoms with Crippen LogP contribution in [0.1, 0.15) is 6.42 Å². The van der Waals surface area contributed by atoms with E-state index in [0.717, 1.165) is 0 Å². The summed E-state index contributed by atoms with van der Waals surface area (Å²) in [5.41, 5.74) is 0. The minimum atomic E-state index is -4.33. The van der Waals surface area contributed by atoms with Crippen molar-refractivity contribution >= 4 is 16.8 Å². The number of halogens is 4. The first-order chi connectivity index (χ1) is 3.42. The number of nitrogens with one attached hydrogen (secondary N) is 1. The molecule has 0 aliphatic heterocycles. The van der Waals surface area contributed by atoms with Crippen LogP contribution >= 0.6 is 11.6 Å². The molecule has 0 unspecified atom stereocenters. The first kappa shape index (κ1) is 7.75. The molecule has 0 heterocycles. The van der Waals surface area contributed by atoms with Crippen LogP contribution in [0, 0.1) is 5.41 Å². The highest BCUT2D eigenvalue weighted by molar-refractivity contribution is 6.64. The second-order valence-corrected chi connectivity index (χ2v) is 1.65. The van der Waals surface area contributed by atoms with Gasteiger partial charge in [0.15, 0.2) is 0 Å². The number of rotatable bonds is 1. The van der Waals surface area contributed by atoms with E-state index in [0.29, 0.717) is 0 Å². The Morgan fingerprint density at radius 3 is 1.88 bits per heavy atom. The Bertz CT molecular complexity index is 97.2. The minimum Gasteiger partial charge on any atom is -0.293 e. The summed E-state index contributed by atoms with van der Waals surface area (Å²) >= 11 is 4.63. The number of hydrogen-bond acceptors (Lipinski definition) is 1. The molecule has 0 fully saturated rings. The van der Waals surface area contributed by atoms with Crippen LogP contribution in [-0.4, -0.2) is 11.3 Å². The zero-order valence-electron chi connectivity index (χ0n) is 3.72. The molecule has 0 aromatic carbocycles. The average Bonchev–Trinajstić information content (AvgIpc) is 1.21. The highest BCUT2D eigenvalue weighted by Crippen LogP contribution is 2.20. The van der Waals surface area contributed by atoms with Gasteiger partial charge in [0.25, 0.3) is 0 Å². The fraction of sp³-hybridized carbons (Fsp3) is 0.667. The molecule has 0 amide bonds. The van der Waals surface area contributed by atoms with Crippen LogP contribution < -0.4 is 0 Å². The van der Waals surface area contributed by atoms with Gasteiger partial charge in [0.2, 0.25) is 0 Å². The third-order valence-electron chi connectivity index (χ3n) is 0.356. The van der Waals surface area contributed by atoms with Gasteiger partial charge in [0, 0.05) is 0 Å². The molecule has 0 aromatic rings. The Morgan fingerprint density at radius 2 is 1.88 bits per heavy atom. The quantitative estimate of drug-likeness (QED) is 0.547. The molecule has 0 saturated carbocycles. The summed E-state index contributed by atoms with van der Waals surface area (Å²) in [5.74, 6) is 0. The third kappa shape index (κ3) is 5.75. The van der Waals surface area contributed by atoms with E-state index in [9.17, 15) is 13.2 Å². The molecule has 1 nitrogen and oxygen atoms in total. The topological polar surface area (TPSA) is 23.9 Å². The van der Waals surface area contributed by atoms with Gasteiger partial charge in [-0.3, -0.25) is 5.41 Å². The van der Waals surface area contributed by atoms with E-state index in [1.54, 1.807) is 0 Å². The van der Waals surface area contributed by atoms with Gasteiger partial charge in [0.05, 0.1) is 6.42 Å². The van der Waals surface area contributed by atoms with Gasteiger partial charge in [-0.25, -0.2) is 0 Å². The van der Waals surface area contributed by atoms with Crippen LogP contribution in [-0.2, 0) is 0 Å². The monoisotopic (exact) mass is 145 g/mol. The van der Waals surface area contributed by atoms with Gasteiger partial charge in [-0.15, -0.1) is 0 Å². The van der Waals surface area contributed by atoms with E-state index in [2.05, 4.69) is 11.6 Å². The molecule has 0 rings (SSSR count). The molecule has 1 N–H and O–H groups in total. The molecule has 48 valence electrons. The molecule has 0 aromatic heterocycles. The summed E-state index contributed by atoms with van der Waals surface area (Å²) in [6.45, 7) is 0. The van der Waals surface area contributed by atoms with E-state index in [1.807, 2.05) is 0 Å². The maximum atomic E-state index is 11.1. The van der Waals surface area contributed by atoms with Gasteiger partial charge in [-0.1, -0.05) is 11.6 Å². The summed E-state index contributed by atoms with van der Waals surface area (Å²) < 4.78 is 33.2. The molecule has 0 atom stereocenters. The number of alkyl halides is 3. The maximum Gasteiger partial charge on any atom is 0.395 e. The van der Waals surface area contributed by atoms with Crippen LogP contribution in [0.15, 0.2) is 0 Å². The predicted molar refractivity (Wildman–Crippen MR) is 24.3 cm³/mol. The molecular weight excluding hydrogens is 142 g/mol. The SMILES string of the molecule is N=C(Cl)CC(F)(F)F. The first-order valence-corrected chi connectivity index (χ1v) is 2.09. The maximum absolute atomic E-state index is 11.1. The fourth-order valence-corrected chi connectivity index (χ4v) is 0.328. The van der Waals surface area contributed by atoms with E-state index in [-0.39, 0.29) is 0 Å². The molecule has 0 aliphatic rings. The van der Waals surface area contributed by atoms with Gasteiger partial charge in [-0.05, 0) is 0 Å². The molecule has 0 saturated heterocycles. The lowest BCUT2D eigenvalue weighted by molar-refractivity contribution is -0.120. The smallest absolute Gasteiger partial charge is 0.293 e. The molecular formula is C3H3ClF3N. The second-order valence-electron chi connectivity index (χ2n) is 1.20. The van der Waals surface area contributed by atoms with Crippen molar-refractivity contribution in [2.45, 2.75) is 12.6 Å². The van der Waals surface area contributed by atoms with Crippen molar-refractivity contribution in [2.75, 3.05) is 0 Å². The lowest BCUT2D eigenvalue weighted by atomic mass is 10.5. The standard InChI is InChI=1S/C3H3ClF3N/c4-2(8)1-3(5,6)7/h8H,1H2. The Balaban J connectivity index is 3.55. The van der Waals surface area contributed by atoms with Gasteiger partial charge >= 0.3 is 6.18 Å².